The van der Waals surface area contributed by atoms with Crippen LogP contribution in [0.4, 0.5) is 0 Å². The highest BCUT2D eigenvalue weighted by atomic mass is 32.1. The molecular formula is C15H15NO4S. The van der Waals surface area contributed by atoms with Gasteiger partial charge >= 0.3 is 5.97 Å². The first-order chi connectivity index (χ1) is 10.2. The van der Waals surface area contributed by atoms with Crippen LogP contribution in [0.15, 0.2) is 24.3 Å². The minimum Gasteiger partial charge on any atom is -0.485 e. The first-order valence-electron chi connectivity index (χ1n) is 6.80. The maximum Gasteiger partial charge on any atom is 0.347 e. The van der Waals surface area contributed by atoms with Crippen LogP contribution < -0.4 is 9.47 Å². The summed E-state index contributed by atoms with van der Waals surface area (Å²) in [5, 5.41) is 9.92. The zero-order valence-corrected chi connectivity index (χ0v) is 12.4. The van der Waals surface area contributed by atoms with Gasteiger partial charge in [-0.25, -0.2) is 9.78 Å². The van der Waals surface area contributed by atoms with Gasteiger partial charge in [-0.05, 0) is 18.6 Å². The van der Waals surface area contributed by atoms with Crippen LogP contribution in [0, 0.1) is 0 Å². The van der Waals surface area contributed by atoms with Crippen LogP contribution in [0.1, 0.15) is 39.8 Å². The topological polar surface area (TPSA) is 68.7 Å². The highest BCUT2D eigenvalue weighted by molar-refractivity contribution is 7.13. The Hall–Kier alpha value is -2.08. The molecule has 1 atom stereocenters. The number of ether oxygens (including phenoxy) is 2. The normalized spacial score (nSPS) is 16.7. The summed E-state index contributed by atoms with van der Waals surface area (Å²) in [5.74, 6) is 0.440. The van der Waals surface area contributed by atoms with Crippen molar-refractivity contribution >= 4 is 17.3 Å². The average Bonchev–Trinajstić information content (AvgIpc) is 2.91. The van der Waals surface area contributed by atoms with Crippen molar-refractivity contribution < 1.29 is 19.4 Å². The molecule has 0 radical (unpaired) electrons. The molecule has 5 nitrogen and oxygen atoms in total. The average molecular weight is 305 g/mol. The quantitative estimate of drug-likeness (QED) is 0.938. The number of aromatic nitrogens is 1. The number of nitrogens with zero attached hydrogens (tertiary/aromatic N) is 1. The van der Waals surface area contributed by atoms with E-state index in [9.17, 15) is 9.90 Å². The molecule has 21 heavy (non-hydrogen) atoms. The van der Waals surface area contributed by atoms with Crippen LogP contribution in [-0.4, -0.2) is 22.7 Å². The van der Waals surface area contributed by atoms with E-state index in [1.807, 2.05) is 31.2 Å². The molecule has 0 saturated carbocycles. The lowest BCUT2D eigenvalue weighted by atomic mass is 10.2. The summed E-state index contributed by atoms with van der Waals surface area (Å²) < 4.78 is 11.5. The summed E-state index contributed by atoms with van der Waals surface area (Å²) in [6.45, 7) is 2.34. The fourth-order valence-electron chi connectivity index (χ4n) is 2.22. The molecule has 0 aliphatic carbocycles. The van der Waals surface area contributed by atoms with E-state index in [0.717, 1.165) is 6.42 Å². The van der Waals surface area contributed by atoms with Gasteiger partial charge in [0, 0.05) is 0 Å². The van der Waals surface area contributed by atoms with Crippen molar-refractivity contribution in [3.63, 3.8) is 0 Å². The van der Waals surface area contributed by atoms with Crippen molar-refractivity contribution in [2.45, 2.75) is 25.9 Å². The maximum absolute atomic E-state index is 11.3. The zero-order chi connectivity index (χ0) is 14.8. The number of carboxylic acid groups (broad SMARTS) is 1. The molecule has 1 aliphatic heterocycles. The van der Waals surface area contributed by atoms with Crippen LogP contribution in [0.25, 0.3) is 0 Å². The smallest absolute Gasteiger partial charge is 0.347 e. The van der Waals surface area contributed by atoms with E-state index in [2.05, 4.69) is 4.98 Å². The molecule has 1 aromatic carbocycles. The van der Waals surface area contributed by atoms with E-state index >= 15 is 0 Å². The van der Waals surface area contributed by atoms with E-state index in [-0.39, 0.29) is 6.10 Å². The standard InChI is InChI=1S/C15H15NO4S/c1-2-5-9-13(15(17)18)21-14(16-9)12-8-19-10-6-3-4-7-11(10)20-12/h3-4,6-7,12H,2,5,8H2,1H3,(H,17,18). The highest BCUT2D eigenvalue weighted by Crippen LogP contribution is 2.37. The molecule has 0 saturated heterocycles. The Kier molecular flexibility index (Phi) is 3.79. The summed E-state index contributed by atoms with van der Waals surface area (Å²) in [6.07, 6.45) is 1.16. The van der Waals surface area contributed by atoms with Gasteiger partial charge in [-0.15, -0.1) is 11.3 Å². The number of rotatable bonds is 4. The van der Waals surface area contributed by atoms with Crippen molar-refractivity contribution in [1.29, 1.82) is 0 Å². The third-order valence-electron chi connectivity index (χ3n) is 3.18. The predicted molar refractivity (Wildman–Crippen MR) is 78.4 cm³/mol. The van der Waals surface area contributed by atoms with Gasteiger partial charge in [-0.1, -0.05) is 25.5 Å². The summed E-state index contributed by atoms with van der Waals surface area (Å²) >= 11 is 1.17. The monoisotopic (exact) mass is 305 g/mol. The fraction of sp³-hybridized carbons (Fsp3) is 0.333. The largest absolute Gasteiger partial charge is 0.485 e. The number of aryl methyl sites for hydroxylation is 1. The van der Waals surface area contributed by atoms with Gasteiger partial charge in [0.25, 0.3) is 0 Å². The number of carbonyl (C=O) groups is 1. The molecule has 3 rings (SSSR count). The molecule has 110 valence electrons. The molecular weight excluding hydrogens is 290 g/mol. The summed E-state index contributed by atoms with van der Waals surface area (Å²) in [5.41, 5.74) is 0.632. The van der Waals surface area contributed by atoms with E-state index < -0.39 is 5.97 Å². The minimum absolute atomic E-state index is 0.300. The number of hydrogen-bond donors (Lipinski definition) is 1. The summed E-state index contributed by atoms with van der Waals surface area (Å²) in [4.78, 5) is 16.0. The fourth-order valence-corrected chi connectivity index (χ4v) is 3.19. The van der Waals surface area contributed by atoms with Crippen molar-refractivity contribution in [1.82, 2.24) is 4.98 Å². The van der Waals surface area contributed by atoms with E-state index in [1.165, 1.54) is 11.3 Å². The number of aromatic carboxylic acids is 1. The number of thiazole rings is 1. The number of benzene rings is 1. The van der Waals surface area contributed by atoms with Crippen LogP contribution in [-0.2, 0) is 6.42 Å². The Labute approximate surface area is 126 Å². The zero-order valence-electron chi connectivity index (χ0n) is 11.5. The molecule has 0 fully saturated rings. The van der Waals surface area contributed by atoms with Gasteiger partial charge in [0.1, 0.15) is 16.5 Å². The Morgan fingerprint density at radius 3 is 2.90 bits per heavy atom. The van der Waals surface area contributed by atoms with E-state index in [4.69, 9.17) is 9.47 Å². The molecule has 2 heterocycles. The van der Waals surface area contributed by atoms with E-state index in [0.29, 0.717) is 40.1 Å². The third-order valence-corrected chi connectivity index (χ3v) is 4.36. The Morgan fingerprint density at radius 1 is 1.43 bits per heavy atom. The first-order valence-corrected chi connectivity index (χ1v) is 7.62. The maximum atomic E-state index is 11.3. The van der Waals surface area contributed by atoms with Crippen molar-refractivity contribution in [3.8, 4) is 11.5 Å². The van der Waals surface area contributed by atoms with Crippen molar-refractivity contribution in [3.05, 3.63) is 39.8 Å². The van der Waals surface area contributed by atoms with Gasteiger partial charge in [0.05, 0.1) is 5.69 Å². The molecule has 6 heteroatoms. The molecule has 0 spiro atoms. The Morgan fingerprint density at radius 2 is 2.19 bits per heavy atom. The lowest BCUT2D eigenvalue weighted by Crippen LogP contribution is -2.21. The minimum atomic E-state index is -0.931. The SMILES string of the molecule is CCCc1nc(C2COc3ccccc3O2)sc1C(=O)O. The van der Waals surface area contributed by atoms with Gasteiger partial charge in [-0.3, -0.25) is 0 Å². The van der Waals surface area contributed by atoms with E-state index in [1.54, 1.807) is 0 Å². The lowest BCUT2D eigenvalue weighted by Gasteiger charge is -2.24. The molecule has 1 unspecified atom stereocenters. The molecule has 0 amide bonds. The van der Waals surface area contributed by atoms with Crippen LogP contribution >= 0.6 is 11.3 Å². The summed E-state index contributed by atoms with van der Waals surface area (Å²) in [6, 6.07) is 7.43. The second-order valence-corrected chi connectivity index (χ2v) is 5.78. The Bertz CT molecular complexity index is 667. The van der Waals surface area contributed by atoms with Gasteiger partial charge in [-0.2, -0.15) is 0 Å². The molecule has 1 aliphatic rings. The lowest BCUT2D eigenvalue weighted by molar-refractivity contribution is 0.0700. The molecule has 1 N–H and O–H groups in total. The predicted octanol–water partition coefficient (Wildman–Crippen LogP) is 3.31. The van der Waals surface area contributed by atoms with Crippen molar-refractivity contribution in [2.24, 2.45) is 0 Å². The van der Waals surface area contributed by atoms with Crippen molar-refractivity contribution in [2.75, 3.05) is 6.61 Å². The summed E-state index contributed by atoms with van der Waals surface area (Å²) in [7, 11) is 0. The number of hydrogen-bond acceptors (Lipinski definition) is 5. The highest BCUT2D eigenvalue weighted by Gasteiger charge is 2.27. The van der Waals surface area contributed by atoms with Crippen LogP contribution in [0.3, 0.4) is 0 Å². The number of fused-ring (bicyclic) bond motifs is 1. The number of carboxylic acids is 1. The first kappa shape index (κ1) is 13.9. The van der Waals surface area contributed by atoms with Gasteiger partial charge in [0.2, 0.25) is 0 Å². The van der Waals surface area contributed by atoms with Crippen LogP contribution in [0.5, 0.6) is 11.5 Å². The molecule has 2 aromatic rings. The third kappa shape index (κ3) is 2.71. The van der Waals surface area contributed by atoms with Gasteiger partial charge in [0.15, 0.2) is 17.6 Å². The number of para-hydroxylation sites is 2. The second kappa shape index (κ2) is 5.73. The molecule has 1 aromatic heterocycles. The molecule has 0 bridgehead atoms. The van der Waals surface area contributed by atoms with Gasteiger partial charge < -0.3 is 14.6 Å². The second-order valence-electron chi connectivity index (χ2n) is 4.75. The van der Waals surface area contributed by atoms with Crippen LogP contribution in [0.2, 0.25) is 0 Å². The Balaban J connectivity index is 1.88.